The Bertz CT molecular complexity index is 229. The fourth-order valence-corrected chi connectivity index (χ4v) is 1.41. The molecule has 2 N–H and O–H groups in total. The van der Waals surface area contributed by atoms with Crippen LogP contribution in [0.2, 0.25) is 0 Å². The maximum atomic E-state index is 10.5. The highest BCUT2D eigenvalue weighted by molar-refractivity contribution is 5.86. The largest absolute Gasteiger partial charge is 0.366 e. The second-order valence-electron chi connectivity index (χ2n) is 3.90. The molecule has 0 rings (SSSR count). The number of rotatable bonds is 8. The second-order valence-corrected chi connectivity index (χ2v) is 3.90. The molecule has 0 aromatic heterocycles. The number of hydrogen-bond donors (Lipinski definition) is 1. The van der Waals surface area contributed by atoms with E-state index in [0.29, 0.717) is 0 Å². The van der Waals surface area contributed by atoms with Crippen molar-refractivity contribution in [2.45, 2.75) is 52.4 Å². The molecule has 0 spiro atoms. The van der Waals surface area contributed by atoms with Crippen molar-refractivity contribution < 1.29 is 4.79 Å². The molecule has 2 nitrogen and oxygen atoms in total. The molecule has 0 aromatic carbocycles. The molecule has 0 fully saturated rings. The van der Waals surface area contributed by atoms with Gasteiger partial charge in [0.1, 0.15) is 0 Å². The summed E-state index contributed by atoms with van der Waals surface area (Å²) in [5.74, 6) is -0.375. The van der Waals surface area contributed by atoms with Crippen molar-refractivity contribution in [2.24, 2.45) is 5.73 Å². The van der Waals surface area contributed by atoms with Crippen LogP contribution in [-0.4, -0.2) is 5.91 Å². The van der Waals surface area contributed by atoms with E-state index in [2.05, 4.69) is 13.0 Å². The van der Waals surface area contributed by atoms with Gasteiger partial charge >= 0.3 is 0 Å². The monoisotopic (exact) mass is 209 g/mol. The fraction of sp³-hybridized carbons (Fsp3) is 0.615. The molecule has 1 amide bonds. The maximum Gasteiger partial charge on any atom is 0.241 e. The Morgan fingerprint density at radius 1 is 1.20 bits per heavy atom. The fourth-order valence-electron chi connectivity index (χ4n) is 1.41. The third-order valence-electron chi connectivity index (χ3n) is 2.23. The van der Waals surface area contributed by atoms with Crippen molar-refractivity contribution in [1.82, 2.24) is 0 Å². The molecular weight excluding hydrogens is 186 g/mol. The number of nitrogens with two attached hydrogens (primary N) is 1. The molecular formula is C13H23NO. The molecule has 0 aliphatic carbocycles. The second kappa shape index (κ2) is 9.50. The van der Waals surface area contributed by atoms with Crippen LogP contribution in [0.3, 0.4) is 0 Å². The Kier molecular flexibility index (Phi) is 8.84. The number of hydrogen-bond acceptors (Lipinski definition) is 1. The lowest BCUT2D eigenvalue weighted by Gasteiger charge is -1.96. The molecule has 0 aliphatic heterocycles. The van der Waals surface area contributed by atoms with Crippen LogP contribution in [0.1, 0.15) is 52.4 Å². The first-order valence-electron chi connectivity index (χ1n) is 5.81. The van der Waals surface area contributed by atoms with E-state index in [1.807, 2.05) is 13.0 Å². The summed E-state index contributed by atoms with van der Waals surface area (Å²) in [5, 5.41) is 0. The molecule has 0 saturated carbocycles. The van der Waals surface area contributed by atoms with Gasteiger partial charge in [-0.1, -0.05) is 44.8 Å². The van der Waals surface area contributed by atoms with Crippen molar-refractivity contribution in [3.63, 3.8) is 0 Å². The molecule has 0 saturated heterocycles. The predicted molar refractivity (Wildman–Crippen MR) is 65.5 cm³/mol. The van der Waals surface area contributed by atoms with Crippen molar-refractivity contribution >= 4 is 5.91 Å². The Labute approximate surface area is 93.2 Å². The molecule has 0 atom stereocenters. The average molecular weight is 209 g/mol. The lowest BCUT2D eigenvalue weighted by atomic mass is 10.1. The van der Waals surface area contributed by atoms with Crippen molar-refractivity contribution in [1.29, 1.82) is 0 Å². The molecule has 0 bridgehead atoms. The van der Waals surface area contributed by atoms with E-state index in [1.54, 1.807) is 0 Å². The highest BCUT2D eigenvalue weighted by Crippen LogP contribution is 2.06. The number of carbonyl (C=O) groups excluding carboxylic acids is 1. The van der Waals surface area contributed by atoms with Gasteiger partial charge in [0.05, 0.1) is 0 Å². The first kappa shape index (κ1) is 13.9. The average Bonchev–Trinajstić information content (AvgIpc) is 2.15. The summed E-state index contributed by atoms with van der Waals surface area (Å²) in [6.45, 7) is 4.11. The summed E-state index contributed by atoms with van der Waals surface area (Å²) < 4.78 is 0. The minimum absolute atomic E-state index is 0.375. The summed E-state index contributed by atoms with van der Waals surface area (Å²) in [6, 6.07) is 0. The normalized spacial score (nSPS) is 12.3. The van der Waals surface area contributed by atoms with Gasteiger partial charge in [0.25, 0.3) is 0 Å². The number of carbonyl (C=O) groups is 1. The van der Waals surface area contributed by atoms with E-state index in [4.69, 9.17) is 5.73 Å². The third kappa shape index (κ3) is 10.9. The Morgan fingerprint density at radius 2 is 1.87 bits per heavy atom. The van der Waals surface area contributed by atoms with Crippen molar-refractivity contribution in [2.75, 3.05) is 0 Å². The maximum absolute atomic E-state index is 10.5. The number of allylic oxidation sites excluding steroid dienone is 3. The van der Waals surface area contributed by atoms with E-state index in [-0.39, 0.29) is 5.91 Å². The third-order valence-corrected chi connectivity index (χ3v) is 2.23. The highest BCUT2D eigenvalue weighted by atomic mass is 16.1. The molecule has 0 aromatic rings. The van der Waals surface area contributed by atoms with Crippen LogP contribution < -0.4 is 5.73 Å². The zero-order chi connectivity index (χ0) is 11.5. The number of amides is 1. The zero-order valence-electron chi connectivity index (χ0n) is 9.96. The van der Waals surface area contributed by atoms with E-state index in [1.165, 1.54) is 38.2 Å². The Hall–Kier alpha value is -1.05. The molecule has 86 valence electrons. The molecule has 0 heterocycles. The number of unbranched alkanes of at least 4 members (excludes halogenated alkanes) is 5. The van der Waals surface area contributed by atoms with Crippen LogP contribution in [0.4, 0.5) is 0 Å². The van der Waals surface area contributed by atoms with E-state index in [0.717, 1.165) is 12.0 Å². The predicted octanol–water partition coefficient (Wildman–Crippen LogP) is 3.33. The van der Waals surface area contributed by atoms with Crippen LogP contribution in [0, 0.1) is 0 Å². The Morgan fingerprint density at radius 3 is 2.47 bits per heavy atom. The minimum Gasteiger partial charge on any atom is -0.366 e. The molecule has 2 heteroatoms. The van der Waals surface area contributed by atoms with Gasteiger partial charge in [-0.05, 0) is 25.3 Å². The molecule has 0 aliphatic rings. The summed E-state index contributed by atoms with van der Waals surface area (Å²) >= 11 is 0. The first-order valence-corrected chi connectivity index (χ1v) is 5.81. The molecule has 0 radical (unpaired) electrons. The van der Waals surface area contributed by atoms with Crippen molar-refractivity contribution in [3.05, 3.63) is 23.8 Å². The van der Waals surface area contributed by atoms with Crippen molar-refractivity contribution in [3.8, 4) is 0 Å². The van der Waals surface area contributed by atoms with Gasteiger partial charge in [0, 0.05) is 6.08 Å². The van der Waals surface area contributed by atoms with Crippen LogP contribution in [0.5, 0.6) is 0 Å². The van der Waals surface area contributed by atoms with Crippen LogP contribution in [-0.2, 0) is 4.79 Å². The van der Waals surface area contributed by atoms with Crippen LogP contribution in [0.15, 0.2) is 23.8 Å². The standard InChI is InChI=1S/C13H23NO/c1-3-4-5-6-7-8-9-10-12(2)11-13(14)15/h9-11H,3-8H2,1-2H3,(H2,14,15). The van der Waals surface area contributed by atoms with Gasteiger partial charge in [-0.25, -0.2) is 0 Å². The SMILES string of the molecule is CCCCCCCC=CC(C)=CC(N)=O. The highest BCUT2D eigenvalue weighted by Gasteiger charge is 1.88. The summed E-state index contributed by atoms with van der Waals surface area (Å²) in [7, 11) is 0. The van der Waals surface area contributed by atoms with E-state index in [9.17, 15) is 4.79 Å². The lowest BCUT2D eigenvalue weighted by molar-refractivity contribution is -0.113. The van der Waals surface area contributed by atoms with Gasteiger partial charge in [0.2, 0.25) is 5.91 Å². The first-order chi connectivity index (χ1) is 7.16. The molecule has 0 unspecified atom stereocenters. The topological polar surface area (TPSA) is 43.1 Å². The van der Waals surface area contributed by atoms with Gasteiger partial charge in [-0.2, -0.15) is 0 Å². The van der Waals surface area contributed by atoms with Gasteiger partial charge < -0.3 is 5.73 Å². The minimum atomic E-state index is -0.375. The van der Waals surface area contributed by atoms with E-state index >= 15 is 0 Å². The Balaban J connectivity index is 3.50. The zero-order valence-corrected chi connectivity index (χ0v) is 9.96. The van der Waals surface area contributed by atoms with Gasteiger partial charge in [-0.3, -0.25) is 4.79 Å². The summed E-state index contributed by atoms with van der Waals surface area (Å²) in [5.41, 5.74) is 5.96. The number of primary amides is 1. The quantitative estimate of drug-likeness (QED) is 0.372. The van der Waals surface area contributed by atoms with E-state index < -0.39 is 0 Å². The van der Waals surface area contributed by atoms with Gasteiger partial charge in [0.15, 0.2) is 0 Å². The van der Waals surface area contributed by atoms with Crippen LogP contribution in [0.25, 0.3) is 0 Å². The van der Waals surface area contributed by atoms with Crippen LogP contribution >= 0.6 is 0 Å². The summed E-state index contributed by atoms with van der Waals surface area (Å²) in [6.07, 6.45) is 13.1. The lowest BCUT2D eigenvalue weighted by Crippen LogP contribution is -2.06. The summed E-state index contributed by atoms with van der Waals surface area (Å²) in [4.78, 5) is 10.5. The molecule has 15 heavy (non-hydrogen) atoms. The van der Waals surface area contributed by atoms with Gasteiger partial charge in [-0.15, -0.1) is 0 Å². The smallest absolute Gasteiger partial charge is 0.241 e.